The molecule has 144 valence electrons. The maximum absolute atomic E-state index is 12.2. The van der Waals surface area contributed by atoms with E-state index in [0.29, 0.717) is 0 Å². The van der Waals surface area contributed by atoms with Crippen molar-refractivity contribution in [2.24, 2.45) is 11.7 Å². The van der Waals surface area contributed by atoms with Crippen LogP contribution < -0.4 is 21.7 Å². The minimum absolute atomic E-state index is 0.106. The van der Waals surface area contributed by atoms with Crippen molar-refractivity contribution in [3.63, 3.8) is 0 Å². The third kappa shape index (κ3) is 7.71. The molecule has 10 nitrogen and oxygen atoms in total. The Kier molecular flexibility index (Phi) is 10.1. The van der Waals surface area contributed by atoms with Crippen molar-refractivity contribution in [3.8, 4) is 0 Å². The fourth-order valence-corrected chi connectivity index (χ4v) is 1.98. The molecule has 4 unspecified atom stereocenters. The number of nitrogens with two attached hydrogens (primary N) is 1. The van der Waals surface area contributed by atoms with Gasteiger partial charge in [-0.2, -0.15) is 12.6 Å². The smallest absolute Gasteiger partial charge is 0.327 e. The zero-order valence-corrected chi connectivity index (χ0v) is 15.2. The highest BCUT2D eigenvalue weighted by Gasteiger charge is 2.30. The second-order valence-electron chi connectivity index (χ2n) is 5.83. The molecule has 3 amide bonds. The largest absolute Gasteiger partial charge is 0.480 e. The summed E-state index contributed by atoms with van der Waals surface area (Å²) < 4.78 is 0. The monoisotopic (exact) mass is 378 g/mol. The SMILES string of the molecule is CC(NC(=O)C(N)CO)C(=O)NC(C(=O)NC(CS)C(=O)O)C(C)C. The van der Waals surface area contributed by atoms with Crippen LogP contribution in [0, 0.1) is 5.92 Å². The topological polar surface area (TPSA) is 171 Å². The van der Waals surface area contributed by atoms with Gasteiger partial charge < -0.3 is 31.9 Å². The number of hydrogen-bond donors (Lipinski definition) is 7. The molecule has 0 aromatic heterocycles. The van der Waals surface area contributed by atoms with E-state index >= 15 is 0 Å². The zero-order valence-electron chi connectivity index (χ0n) is 14.4. The number of carbonyl (C=O) groups excluding carboxylic acids is 3. The lowest BCUT2D eigenvalue weighted by molar-refractivity contribution is -0.142. The first-order chi connectivity index (χ1) is 11.5. The van der Waals surface area contributed by atoms with E-state index in [-0.39, 0.29) is 11.7 Å². The molecule has 0 aliphatic rings. The second kappa shape index (κ2) is 10.9. The lowest BCUT2D eigenvalue weighted by Gasteiger charge is -2.25. The Bertz CT molecular complexity index is 502. The number of amides is 3. The highest BCUT2D eigenvalue weighted by atomic mass is 32.1. The third-order valence-corrected chi connectivity index (χ3v) is 3.69. The van der Waals surface area contributed by atoms with Crippen molar-refractivity contribution in [2.75, 3.05) is 12.4 Å². The van der Waals surface area contributed by atoms with Gasteiger partial charge >= 0.3 is 5.97 Å². The molecule has 0 aromatic rings. The van der Waals surface area contributed by atoms with E-state index in [0.717, 1.165) is 0 Å². The van der Waals surface area contributed by atoms with Crippen LogP contribution in [0.1, 0.15) is 20.8 Å². The van der Waals surface area contributed by atoms with Gasteiger partial charge in [-0.1, -0.05) is 13.8 Å². The van der Waals surface area contributed by atoms with Gasteiger partial charge in [0.1, 0.15) is 24.2 Å². The molecule has 0 aromatic carbocycles. The van der Waals surface area contributed by atoms with E-state index in [4.69, 9.17) is 15.9 Å². The summed E-state index contributed by atoms with van der Waals surface area (Å²) in [5.41, 5.74) is 5.34. The average molecular weight is 378 g/mol. The molecule has 25 heavy (non-hydrogen) atoms. The van der Waals surface area contributed by atoms with Crippen LogP contribution in [0.3, 0.4) is 0 Å². The number of carboxylic acid groups (broad SMARTS) is 1. The van der Waals surface area contributed by atoms with Crippen molar-refractivity contribution < 1.29 is 29.4 Å². The molecule has 7 N–H and O–H groups in total. The highest BCUT2D eigenvalue weighted by Crippen LogP contribution is 2.04. The second-order valence-corrected chi connectivity index (χ2v) is 6.20. The highest BCUT2D eigenvalue weighted by molar-refractivity contribution is 7.80. The fraction of sp³-hybridized carbons (Fsp3) is 0.714. The van der Waals surface area contributed by atoms with Crippen LogP contribution in [-0.4, -0.2) is 70.4 Å². The predicted octanol–water partition coefficient (Wildman–Crippen LogP) is -2.55. The molecule has 0 saturated carbocycles. The third-order valence-electron chi connectivity index (χ3n) is 3.33. The summed E-state index contributed by atoms with van der Waals surface area (Å²) in [5, 5.41) is 24.8. The molecule has 4 atom stereocenters. The van der Waals surface area contributed by atoms with Gasteiger partial charge in [0.15, 0.2) is 0 Å². The van der Waals surface area contributed by atoms with Crippen molar-refractivity contribution in [3.05, 3.63) is 0 Å². The molecule has 0 bridgehead atoms. The van der Waals surface area contributed by atoms with Gasteiger partial charge in [-0.15, -0.1) is 0 Å². The Balaban J connectivity index is 4.90. The van der Waals surface area contributed by atoms with Crippen molar-refractivity contribution in [1.82, 2.24) is 16.0 Å². The number of aliphatic hydroxyl groups excluding tert-OH is 1. The number of carbonyl (C=O) groups is 4. The van der Waals surface area contributed by atoms with Gasteiger partial charge in [0.2, 0.25) is 17.7 Å². The van der Waals surface area contributed by atoms with E-state index in [1.165, 1.54) is 6.92 Å². The Labute approximate surface area is 151 Å². The Hall–Kier alpha value is -1.85. The molecule has 0 aliphatic heterocycles. The molecule has 0 saturated heterocycles. The molecule has 0 heterocycles. The van der Waals surface area contributed by atoms with E-state index in [1.807, 2.05) is 0 Å². The summed E-state index contributed by atoms with van der Waals surface area (Å²) >= 11 is 3.86. The number of aliphatic carboxylic acids is 1. The maximum Gasteiger partial charge on any atom is 0.327 e. The summed E-state index contributed by atoms with van der Waals surface area (Å²) in [5.74, 6) is -3.71. The maximum atomic E-state index is 12.2. The van der Waals surface area contributed by atoms with E-state index in [9.17, 15) is 19.2 Å². The first-order valence-corrected chi connectivity index (χ1v) is 8.29. The summed E-state index contributed by atoms with van der Waals surface area (Å²) in [6.45, 7) is 4.16. The predicted molar refractivity (Wildman–Crippen MR) is 92.9 cm³/mol. The molecular weight excluding hydrogens is 352 g/mol. The number of aliphatic hydroxyl groups is 1. The Morgan fingerprint density at radius 1 is 1.00 bits per heavy atom. The summed E-state index contributed by atoms with van der Waals surface area (Å²) in [4.78, 5) is 46.9. The van der Waals surface area contributed by atoms with Gasteiger partial charge in [0.05, 0.1) is 6.61 Å². The minimum atomic E-state index is -1.24. The summed E-state index contributed by atoms with van der Waals surface area (Å²) in [6, 6.07) is -4.35. The van der Waals surface area contributed by atoms with Crippen molar-refractivity contribution >= 4 is 36.3 Å². The average Bonchev–Trinajstić information content (AvgIpc) is 2.55. The Morgan fingerprint density at radius 2 is 1.56 bits per heavy atom. The quantitative estimate of drug-likeness (QED) is 0.205. The van der Waals surface area contributed by atoms with Gasteiger partial charge in [-0.05, 0) is 12.8 Å². The first kappa shape index (κ1) is 23.1. The lowest BCUT2D eigenvalue weighted by Crippen LogP contribution is -2.58. The van der Waals surface area contributed by atoms with E-state index in [2.05, 4.69) is 28.6 Å². The molecule has 0 spiro atoms. The van der Waals surface area contributed by atoms with E-state index < -0.39 is 54.5 Å². The molecule has 11 heteroatoms. The fourth-order valence-electron chi connectivity index (χ4n) is 1.73. The summed E-state index contributed by atoms with van der Waals surface area (Å²) in [7, 11) is 0. The van der Waals surface area contributed by atoms with Gasteiger partial charge in [-0.25, -0.2) is 4.79 Å². The van der Waals surface area contributed by atoms with Crippen molar-refractivity contribution in [1.29, 1.82) is 0 Å². The molecule has 0 fully saturated rings. The zero-order chi connectivity index (χ0) is 19.7. The van der Waals surface area contributed by atoms with Crippen molar-refractivity contribution in [2.45, 2.75) is 44.9 Å². The van der Waals surface area contributed by atoms with Crippen LogP contribution in [0.5, 0.6) is 0 Å². The molecule has 0 radical (unpaired) electrons. The number of thiol groups is 1. The molecule has 0 rings (SSSR count). The minimum Gasteiger partial charge on any atom is -0.480 e. The van der Waals surface area contributed by atoms with Crippen LogP contribution in [0.4, 0.5) is 0 Å². The van der Waals surface area contributed by atoms with Crippen LogP contribution in [0.2, 0.25) is 0 Å². The summed E-state index contributed by atoms with van der Waals surface area (Å²) in [6.07, 6.45) is 0. The van der Waals surface area contributed by atoms with Crippen LogP contribution >= 0.6 is 12.6 Å². The van der Waals surface area contributed by atoms with Gasteiger partial charge in [0.25, 0.3) is 0 Å². The lowest BCUT2D eigenvalue weighted by atomic mass is 10.0. The van der Waals surface area contributed by atoms with Crippen LogP contribution in [-0.2, 0) is 19.2 Å². The number of carboxylic acids is 1. The molecular formula is C14H26N4O6S. The standard InChI is InChI=1S/C14H26N4O6S/c1-6(2)10(13(22)17-9(5-25)14(23)24)18-11(20)7(3)16-12(21)8(15)4-19/h6-10,19,25H,4-5,15H2,1-3H3,(H,16,21)(H,17,22)(H,18,20)(H,23,24). The molecule has 0 aliphatic carbocycles. The Morgan fingerprint density at radius 3 is 1.96 bits per heavy atom. The van der Waals surface area contributed by atoms with Gasteiger partial charge in [0, 0.05) is 5.75 Å². The number of rotatable bonds is 10. The normalized spacial score (nSPS) is 15.6. The van der Waals surface area contributed by atoms with Crippen LogP contribution in [0.25, 0.3) is 0 Å². The number of hydrogen-bond acceptors (Lipinski definition) is 7. The van der Waals surface area contributed by atoms with Gasteiger partial charge in [-0.3, -0.25) is 14.4 Å². The first-order valence-electron chi connectivity index (χ1n) is 7.66. The number of nitrogens with one attached hydrogen (secondary N) is 3. The van der Waals surface area contributed by atoms with E-state index in [1.54, 1.807) is 13.8 Å². The van der Waals surface area contributed by atoms with Crippen LogP contribution in [0.15, 0.2) is 0 Å².